The van der Waals surface area contributed by atoms with Gasteiger partial charge in [0.25, 0.3) is 0 Å². The normalized spacial score (nSPS) is 15.2. The Bertz CT molecular complexity index is 788. The van der Waals surface area contributed by atoms with Crippen molar-refractivity contribution in [3.05, 3.63) is 59.9 Å². The van der Waals surface area contributed by atoms with Crippen molar-refractivity contribution in [1.29, 1.82) is 0 Å². The molecule has 0 unspecified atom stereocenters. The first-order chi connectivity index (χ1) is 11.9. The molecule has 0 spiro atoms. The Morgan fingerprint density at radius 1 is 1.08 bits per heavy atom. The number of benzene rings is 1. The minimum atomic E-state index is 0.364. The van der Waals surface area contributed by atoms with Crippen LogP contribution < -0.4 is 10.1 Å². The molecule has 3 aromatic rings. The summed E-state index contributed by atoms with van der Waals surface area (Å²) < 4.78 is 5.91. The molecule has 124 valence electrons. The summed E-state index contributed by atoms with van der Waals surface area (Å²) in [5.41, 5.74) is 3.67. The summed E-state index contributed by atoms with van der Waals surface area (Å²) in [6.07, 6.45) is 9.14. The number of H-pyrrole nitrogens is 1. The van der Waals surface area contributed by atoms with Crippen LogP contribution in [0.25, 0.3) is 10.9 Å². The predicted molar refractivity (Wildman–Crippen MR) is 96.0 cm³/mol. The van der Waals surface area contributed by atoms with Crippen LogP contribution in [0, 0.1) is 0 Å². The van der Waals surface area contributed by atoms with Gasteiger partial charge in [-0.25, -0.2) is 4.98 Å². The third-order valence-corrected chi connectivity index (χ3v) is 4.72. The summed E-state index contributed by atoms with van der Waals surface area (Å²) in [5, 5.41) is 4.78. The fourth-order valence-corrected chi connectivity index (χ4v) is 3.41. The van der Waals surface area contributed by atoms with Crippen molar-refractivity contribution in [3.63, 3.8) is 0 Å². The van der Waals surface area contributed by atoms with Gasteiger partial charge >= 0.3 is 0 Å². The average Bonchev–Trinajstić information content (AvgIpc) is 3.28. The van der Waals surface area contributed by atoms with Crippen molar-refractivity contribution < 1.29 is 4.74 Å². The molecule has 4 nitrogen and oxygen atoms in total. The van der Waals surface area contributed by atoms with Gasteiger partial charge in [0.15, 0.2) is 0 Å². The van der Waals surface area contributed by atoms with Gasteiger partial charge in [-0.3, -0.25) is 0 Å². The molecule has 0 saturated heterocycles. The highest BCUT2D eigenvalue weighted by molar-refractivity contribution is 5.82. The number of hydrogen-bond acceptors (Lipinski definition) is 3. The second-order valence-electron chi connectivity index (χ2n) is 6.49. The van der Waals surface area contributed by atoms with Crippen molar-refractivity contribution in [2.75, 3.05) is 0 Å². The third kappa shape index (κ3) is 3.44. The minimum Gasteiger partial charge on any atom is -0.474 e. The lowest BCUT2D eigenvalue weighted by molar-refractivity contribution is 0.201. The topological polar surface area (TPSA) is 49.9 Å². The van der Waals surface area contributed by atoms with E-state index in [4.69, 9.17) is 4.74 Å². The molecular formula is C20H23N3O. The second-order valence-corrected chi connectivity index (χ2v) is 6.49. The van der Waals surface area contributed by atoms with E-state index in [1.54, 1.807) is 0 Å². The van der Waals surface area contributed by atoms with Crippen LogP contribution in [0.15, 0.2) is 48.8 Å². The van der Waals surface area contributed by atoms with E-state index in [2.05, 4.69) is 45.6 Å². The number of pyridine rings is 1. The molecule has 1 aliphatic rings. The van der Waals surface area contributed by atoms with Gasteiger partial charge in [0.1, 0.15) is 6.10 Å². The van der Waals surface area contributed by atoms with Crippen molar-refractivity contribution >= 4 is 10.9 Å². The molecule has 1 saturated carbocycles. The molecule has 2 aromatic heterocycles. The van der Waals surface area contributed by atoms with Crippen molar-refractivity contribution in [2.24, 2.45) is 0 Å². The van der Waals surface area contributed by atoms with Gasteiger partial charge < -0.3 is 15.0 Å². The molecule has 1 aromatic carbocycles. The number of aromatic nitrogens is 2. The fraction of sp³-hybridized carbons (Fsp3) is 0.350. The highest BCUT2D eigenvalue weighted by Gasteiger charge is 2.16. The maximum Gasteiger partial charge on any atom is 0.213 e. The molecule has 0 amide bonds. The number of nitrogens with zero attached hydrogens (tertiary/aromatic N) is 1. The molecule has 0 atom stereocenters. The van der Waals surface area contributed by atoms with E-state index in [0.717, 1.165) is 31.8 Å². The third-order valence-electron chi connectivity index (χ3n) is 4.72. The second kappa shape index (κ2) is 7.05. The van der Waals surface area contributed by atoms with Crippen molar-refractivity contribution in [3.8, 4) is 5.88 Å². The molecule has 2 N–H and O–H groups in total. The molecule has 0 radical (unpaired) electrons. The summed E-state index contributed by atoms with van der Waals surface area (Å²) in [4.78, 5) is 7.69. The first kappa shape index (κ1) is 15.2. The fourth-order valence-electron chi connectivity index (χ4n) is 3.41. The lowest BCUT2D eigenvalue weighted by atomic mass is 10.1. The van der Waals surface area contributed by atoms with Gasteiger partial charge in [-0.05, 0) is 48.9 Å². The largest absolute Gasteiger partial charge is 0.474 e. The minimum absolute atomic E-state index is 0.364. The van der Waals surface area contributed by atoms with Gasteiger partial charge in [-0.1, -0.05) is 18.2 Å². The summed E-state index contributed by atoms with van der Waals surface area (Å²) in [7, 11) is 0. The van der Waals surface area contributed by atoms with Crippen LogP contribution in [-0.2, 0) is 13.1 Å². The van der Waals surface area contributed by atoms with Crippen LogP contribution in [-0.4, -0.2) is 16.1 Å². The van der Waals surface area contributed by atoms with Gasteiger partial charge in [0.2, 0.25) is 5.88 Å². The highest BCUT2D eigenvalue weighted by Crippen LogP contribution is 2.23. The van der Waals surface area contributed by atoms with E-state index in [1.165, 1.54) is 34.9 Å². The molecule has 0 aliphatic heterocycles. The van der Waals surface area contributed by atoms with Crippen molar-refractivity contribution in [2.45, 2.75) is 44.9 Å². The zero-order chi connectivity index (χ0) is 16.2. The van der Waals surface area contributed by atoms with E-state index >= 15 is 0 Å². The van der Waals surface area contributed by atoms with Gasteiger partial charge in [-0.15, -0.1) is 0 Å². The molecule has 0 bridgehead atoms. The van der Waals surface area contributed by atoms with Gasteiger partial charge in [0, 0.05) is 42.5 Å². The molecule has 2 heterocycles. The Hall–Kier alpha value is -2.33. The smallest absolute Gasteiger partial charge is 0.213 e. The van der Waals surface area contributed by atoms with Crippen LogP contribution in [0.2, 0.25) is 0 Å². The predicted octanol–water partition coefficient (Wildman–Crippen LogP) is 4.17. The Morgan fingerprint density at radius 3 is 2.83 bits per heavy atom. The molecule has 4 heteroatoms. The first-order valence-corrected chi connectivity index (χ1v) is 8.76. The highest BCUT2D eigenvalue weighted by atomic mass is 16.5. The van der Waals surface area contributed by atoms with E-state index in [9.17, 15) is 0 Å². The van der Waals surface area contributed by atoms with Crippen LogP contribution in [0.4, 0.5) is 0 Å². The molecule has 1 aliphatic carbocycles. The Morgan fingerprint density at radius 2 is 2.00 bits per heavy atom. The maximum absolute atomic E-state index is 5.91. The van der Waals surface area contributed by atoms with Gasteiger partial charge in [0.05, 0.1) is 0 Å². The van der Waals surface area contributed by atoms with Gasteiger partial charge in [-0.2, -0.15) is 0 Å². The number of aromatic amines is 1. The van der Waals surface area contributed by atoms with E-state index < -0.39 is 0 Å². The lowest BCUT2D eigenvalue weighted by Crippen LogP contribution is -2.14. The summed E-state index contributed by atoms with van der Waals surface area (Å²) in [6.45, 7) is 1.65. The Balaban J connectivity index is 1.32. The molecule has 24 heavy (non-hydrogen) atoms. The van der Waals surface area contributed by atoms with E-state index in [0.29, 0.717) is 6.10 Å². The molecule has 4 rings (SSSR count). The van der Waals surface area contributed by atoms with E-state index in [1.807, 2.05) is 18.5 Å². The monoisotopic (exact) mass is 321 g/mol. The first-order valence-electron chi connectivity index (χ1n) is 8.76. The summed E-state index contributed by atoms with van der Waals surface area (Å²) in [5.74, 6) is 0.753. The summed E-state index contributed by atoms with van der Waals surface area (Å²) in [6, 6.07) is 12.6. The zero-order valence-corrected chi connectivity index (χ0v) is 13.8. The standard InChI is InChI=1S/C20H23N3O/c1-2-6-17(5-1)24-20-9-8-15(13-23-20)12-21-14-16-4-3-7-19-18(16)10-11-22-19/h3-4,7-11,13,17,21-22H,1-2,5-6,12,14H2. The van der Waals surface area contributed by atoms with Crippen LogP contribution in [0.5, 0.6) is 5.88 Å². The SMILES string of the molecule is c1cc(CNCc2ccc(OC3CCCC3)nc2)c2cc[nH]c2c1. The maximum atomic E-state index is 5.91. The van der Waals surface area contributed by atoms with Crippen molar-refractivity contribution in [1.82, 2.24) is 15.3 Å². The van der Waals surface area contributed by atoms with Crippen LogP contribution >= 0.6 is 0 Å². The summed E-state index contributed by atoms with van der Waals surface area (Å²) >= 11 is 0. The number of fused-ring (bicyclic) bond motifs is 1. The lowest BCUT2D eigenvalue weighted by Gasteiger charge is -2.12. The number of nitrogens with one attached hydrogen (secondary N) is 2. The quantitative estimate of drug-likeness (QED) is 0.716. The Labute approximate surface area is 142 Å². The van der Waals surface area contributed by atoms with Crippen LogP contribution in [0.1, 0.15) is 36.8 Å². The number of hydrogen-bond donors (Lipinski definition) is 2. The zero-order valence-electron chi connectivity index (χ0n) is 13.8. The van der Waals surface area contributed by atoms with E-state index in [-0.39, 0.29) is 0 Å². The molecular weight excluding hydrogens is 298 g/mol. The Kier molecular flexibility index (Phi) is 4.47. The number of ether oxygens (including phenoxy) is 1. The molecule has 1 fully saturated rings. The number of rotatable bonds is 6. The van der Waals surface area contributed by atoms with Crippen LogP contribution in [0.3, 0.4) is 0 Å². The average molecular weight is 321 g/mol.